The molecule has 1 saturated heterocycles. The zero-order chi connectivity index (χ0) is 11.6. The molecule has 15 heavy (non-hydrogen) atoms. The van der Waals surface area contributed by atoms with Gasteiger partial charge in [-0.15, -0.1) is 11.8 Å². The van der Waals surface area contributed by atoms with Crippen molar-refractivity contribution in [2.24, 2.45) is 5.92 Å². The Kier molecular flexibility index (Phi) is 4.06. The van der Waals surface area contributed by atoms with Gasteiger partial charge in [-0.05, 0) is 26.7 Å². The molecule has 0 bridgehead atoms. The smallest absolute Gasteiger partial charge is 0.324 e. The Balaban J connectivity index is 2.69. The summed E-state index contributed by atoms with van der Waals surface area (Å²) in [5.74, 6) is 0.395. The van der Waals surface area contributed by atoms with Gasteiger partial charge in [-0.3, -0.25) is 10.1 Å². The molecule has 0 aliphatic carbocycles. The summed E-state index contributed by atoms with van der Waals surface area (Å²) in [4.78, 5) is 11.7. The number of ether oxygens (including phenoxy) is 1. The molecule has 2 unspecified atom stereocenters. The summed E-state index contributed by atoms with van der Waals surface area (Å²) < 4.78 is 4.99. The summed E-state index contributed by atoms with van der Waals surface area (Å²) in [6.07, 6.45) is 0. The Hall–Kier alpha value is -0.220. The van der Waals surface area contributed by atoms with Crippen LogP contribution in [0.15, 0.2) is 0 Å². The zero-order valence-electron chi connectivity index (χ0n) is 10.2. The van der Waals surface area contributed by atoms with Crippen LogP contribution in [0.3, 0.4) is 0 Å². The van der Waals surface area contributed by atoms with Gasteiger partial charge in [0.25, 0.3) is 0 Å². The molecule has 1 aliphatic heterocycles. The molecule has 0 aromatic carbocycles. The minimum Gasteiger partial charge on any atom is -0.465 e. The fraction of sp³-hybridized carbons (Fsp3) is 0.909. The second kappa shape index (κ2) is 4.74. The molecule has 0 amide bonds. The first-order chi connectivity index (χ1) is 6.88. The number of carbonyl (C=O) groups is 1. The number of rotatable bonds is 3. The van der Waals surface area contributed by atoms with Gasteiger partial charge < -0.3 is 4.74 Å². The van der Waals surface area contributed by atoms with Gasteiger partial charge >= 0.3 is 5.97 Å². The van der Waals surface area contributed by atoms with Gasteiger partial charge in [0, 0.05) is 4.75 Å². The van der Waals surface area contributed by atoms with E-state index in [1.807, 2.05) is 18.7 Å². The van der Waals surface area contributed by atoms with E-state index < -0.39 is 0 Å². The fourth-order valence-corrected chi connectivity index (χ4v) is 3.13. The van der Waals surface area contributed by atoms with E-state index in [2.05, 4.69) is 33.0 Å². The number of hydrogen-bond donors (Lipinski definition) is 1. The second-order valence-corrected chi connectivity index (χ2v) is 6.53. The van der Waals surface area contributed by atoms with E-state index in [-0.39, 0.29) is 16.8 Å². The predicted octanol–water partition coefficient (Wildman–Crippen LogP) is 2.02. The highest BCUT2D eigenvalue weighted by atomic mass is 32.2. The molecule has 1 N–H and O–H groups in total. The van der Waals surface area contributed by atoms with Crippen LogP contribution < -0.4 is 5.32 Å². The van der Waals surface area contributed by atoms with Gasteiger partial charge in [-0.2, -0.15) is 0 Å². The highest BCUT2D eigenvalue weighted by molar-refractivity contribution is 8.01. The van der Waals surface area contributed by atoms with Crippen LogP contribution in [0.4, 0.5) is 0 Å². The van der Waals surface area contributed by atoms with E-state index in [4.69, 9.17) is 4.74 Å². The summed E-state index contributed by atoms with van der Waals surface area (Å²) >= 11 is 1.83. The third kappa shape index (κ3) is 2.88. The monoisotopic (exact) mass is 231 g/mol. The maximum absolute atomic E-state index is 11.7. The lowest BCUT2D eigenvalue weighted by Gasteiger charge is -2.23. The fourth-order valence-electron chi connectivity index (χ4n) is 1.70. The van der Waals surface area contributed by atoms with Gasteiger partial charge in [0.15, 0.2) is 0 Å². The van der Waals surface area contributed by atoms with Crippen LogP contribution in [-0.2, 0) is 9.53 Å². The summed E-state index contributed by atoms with van der Waals surface area (Å²) in [5.41, 5.74) is 0. The lowest BCUT2D eigenvalue weighted by Crippen LogP contribution is -2.46. The maximum Gasteiger partial charge on any atom is 0.324 e. The minimum absolute atomic E-state index is 0.0822. The summed E-state index contributed by atoms with van der Waals surface area (Å²) in [6, 6.07) is -0.185. The molecule has 0 aromatic heterocycles. The first-order valence-electron chi connectivity index (χ1n) is 5.49. The van der Waals surface area contributed by atoms with Crippen molar-refractivity contribution in [2.75, 3.05) is 6.61 Å². The van der Waals surface area contributed by atoms with E-state index in [1.54, 1.807) is 0 Å². The van der Waals surface area contributed by atoms with E-state index >= 15 is 0 Å². The molecule has 1 rings (SSSR count). The van der Waals surface area contributed by atoms with Crippen LogP contribution in [0.5, 0.6) is 0 Å². The van der Waals surface area contributed by atoms with Crippen LogP contribution in [0.1, 0.15) is 34.6 Å². The minimum atomic E-state index is -0.185. The summed E-state index contributed by atoms with van der Waals surface area (Å²) in [7, 11) is 0. The average Bonchev–Trinajstić information content (AvgIpc) is 2.42. The molecule has 3 nitrogen and oxygen atoms in total. The van der Waals surface area contributed by atoms with Crippen LogP contribution in [0, 0.1) is 5.92 Å². The number of thioether (sulfide) groups is 1. The van der Waals surface area contributed by atoms with Crippen molar-refractivity contribution < 1.29 is 9.53 Å². The first-order valence-corrected chi connectivity index (χ1v) is 6.37. The molecule has 0 spiro atoms. The quantitative estimate of drug-likeness (QED) is 0.754. The van der Waals surface area contributed by atoms with Crippen molar-refractivity contribution in [2.45, 2.75) is 50.8 Å². The second-order valence-electron chi connectivity index (χ2n) is 4.74. The Morgan fingerprint density at radius 3 is 2.53 bits per heavy atom. The van der Waals surface area contributed by atoms with Gasteiger partial charge in [0.2, 0.25) is 0 Å². The maximum atomic E-state index is 11.7. The first kappa shape index (κ1) is 12.8. The number of nitrogens with one attached hydrogen (secondary N) is 1. The molecule has 4 heteroatoms. The largest absolute Gasteiger partial charge is 0.465 e. The summed E-state index contributed by atoms with van der Waals surface area (Å²) in [6.45, 7) is 10.8. The van der Waals surface area contributed by atoms with Gasteiger partial charge in [-0.25, -0.2) is 0 Å². The molecular weight excluding hydrogens is 210 g/mol. The molecule has 0 aromatic rings. The molecule has 2 atom stereocenters. The molecule has 0 saturated carbocycles. The Morgan fingerprint density at radius 1 is 1.53 bits per heavy atom. The highest BCUT2D eigenvalue weighted by Crippen LogP contribution is 2.40. The summed E-state index contributed by atoms with van der Waals surface area (Å²) in [5, 5.41) is 3.70. The van der Waals surface area contributed by atoms with Crippen LogP contribution >= 0.6 is 11.8 Å². The van der Waals surface area contributed by atoms with Crippen molar-refractivity contribution >= 4 is 17.7 Å². The van der Waals surface area contributed by atoms with E-state index in [9.17, 15) is 4.79 Å². The topological polar surface area (TPSA) is 38.3 Å². The van der Waals surface area contributed by atoms with E-state index in [0.29, 0.717) is 17.9 Å². The number of carbonyl (C=O) groups excluding carboxylic acids is 1. The van der Waals surface area contributed by atoms with E-state index in [1.165, 1.54) is 0 Å². The Labute approximate surface area is 96.3 Å². The van der Waals surface area contributed by atoms with Crippen molar-refractivity contribution in [1.29, 1.82) is 0 Å². The third-order valence-electron chi connectivity index (χ3n) is 2.58. The van der Waals surface area contributed by atoms with Crippen LogP contribution in [0.2, 0.25) is 0 Å². The highest BCUT2D eigenvalue weighted by Gasteiger charge is 2.46. The van der Waals surface area contributed by atoms with Gasteiger partial charge in [0.05, 0.1) is 12.0 Å². The third-order valence-corrected chi connectivity index (χ3v) is 4.36. The van der Waals surface area contributed by atoms with Crippen molar-refractivity contribution in [3.05, 3.63) is 0 Å². The Morgan fingerprint density at radius 2 is 2.13 bits per heavy atom. The Bertz CT molecular complexity index is 241. The van der Waals surface area contributed by atoms with Gasteiger partial charge in [0.1, 0.15) is 6.04 Å². The van der Waals surface area contributed by atoms with Crippen LogP contribution in [-0.4, -0.2) is 28.7 Å². The van der Waals surface area contributed by atoms with E-state index in [0.717, 1.165) is 0 Å². The molecule has 0 radical (unpaired) electrons. The molecule has 1 fully saturated rings. The number of hydrogen-bond acceptors (Lipinski definition) is 4. The lowest BCUT2D eigenvalue weighted by molar-refractivity contribution is -0.146. The average molecular weight is 231 g/mol. The van der Waals surface area contributed by atoms with Gasteiger partial charge in [-0.1, -0.05) is 13.8 Å². The number of esters is 1. The molecule has 1 aliphatic rings. The van der Waals surface area contributed by atoms with Crippen molar-refractivity contribution in [3.8, 4) is 0 Å². The SMILES string of the molecule is CCOC(=O)C1NC(C(C)C)SC1(C)C. The molecule has 1 heterocycles. The predicted molar refractivity (Wildman–Crippen MR) is 63.9 cm³/mol. The normalized spacial score (nSPS) is 29.5. The zero-order valence-corrected chi connectivity index (χ0v) is 11.0. The molecule has 88 valence electrons. The molecular formula is C11H21NO2S. The lowest BCUT2D eigenvalue weighted by atomic mass is 10.0. The van der Waals surface area contributed by atoms with Crippen molar-refractivity contribution in [3.63, 3.8) is 0 Å². The standard InChI is InChI=1S/C11H21NO2S/c1-6-14-10(13)8-11(4,5)15-9(12-8)7(2)3/h7-9,12H,6H2,1-5H3. The van der Waals surface area contributed by atoms with Crippen molar-refractivity contribution in [1.82, 2.24) is 5.32 Å². The van der Waals surface area contributed by atoms with Crippen LogP contribution in [0.25, 0.3) is 0 Å².